The second-order valence-corrected chi connectivity index (χ2v) is 7.29. The molecule has 0 atom stereocenters. The molecule has 1 aromatic rings. The third kappa shape index (κ3) is 4.98. The molecule has 0 aromatic heterocycles. The highest BCUT2D eigenvalue weighted by Gasteiger charge is 2.27. The lowest BCUT2D eigenvalue weighted by Crippen LogP contribution is -2.26. The highest BCUT2D eigenvalue weighted by atomic mass is 31.2. The van der Waals surface area contributed by atoms with E-state index in [2.05, 4.69) is 26.1 Å². The molecule has 0 heterocycles. The van der Waals surface area contributed by atoms with Crippen LogP contribution >= 0.6 is 7.60 Å². The number of benzene rings is 1. The number of rotatable bonds is 6. The molecule has 0 aliphatic carbocycles. The average Bonchev–Trinajstić information content (AvgIpc) is 2.27. The van der Waals surface area contributed by atoms with Crippen LogP contribution in [0.1, 0.15) is 34.6 Å². The Hall–Kier alpha value is -0.830. The van der Waals surface area contributed by atoms with Crippen molar-refractivity contribution in [2.75, 3.05) is 18.5 Å². The standard InChI is InChI=1S/C14H24NO3P/c1-6-17-19(16,18-7-2)13-10-8-9-12(11-13)15-14(3,4)5/h8-11,15H,6-7H2,1-5H3. The Morgan fingerprint density at radius 3 is 2.21 bits per heavy atom. The molecule has 4 nitrogen and oxygen atoms in total. The van der Waals surface area contributed by atoms with Crippen molar-refractivity contribution >= 4 is 18.6 Å². The van der Waals surface area contributed by atoms with Gasteiger partial charge in [0.2, 0.25) is 0 Å². The Morgan fingerprint density at radius 1 is 1.16 bits per heavy atom. The van der Waals surface area contributed by atoms with Crippen LogP contribution < -0.4 is 10.6 Å². The van der Waals surface area contributed by atoms with E-state index in [9.17, 15) is 4.57 Å². The molecule has 0 aliphatic heterocycles. The molecule has 0 saturated carbocycles. The van der Waals surface area contributed by atoms with E-state index in [-0.39, 0.29) is 5.54 Å². The predicted octanol–water partition coefficient (Wildman–Crippen LogP) is 3.79. The third-order valence-electron chi connectivity index (χ3n) is 2.28. The molecule has 0 aliphatic rings. The van der Waals surface area contributed by atoms with Crippen molar-refractivity contribution in [2.45, 2.75) is 40.2 Å². The molecule has 0 unspecified atom stereocenters. The summed E-state index contributed by atoms with van der Waals surface area (Å²) in [6.07, 6.45) is 0. The van der Waals surface area contributed by atoms with Crippen LogP contribution in [-0.4, -0.2) is 18.8 Å². The van der Waals surface area contributed by atoms with Crippen LogP contribution in [0.2, 0.25) is 0 Å². The zero-order valence-corrected chi connectivity index (χ0v) is 13.3. The van der Waals surface area contributed by atoms with Gasteiger partial charge >= 0.3 is 7.60 Å². The first-order valence-corrected chi connectivity index (χ1v) is 8.13. The van der Waals surface area contributed by atoms with Gasteiger partial charge in [0.1, 0.15) is 0 Å². The number of anilines is 1. The van der Waals surface area contributed by atoms with Crippen molar-refractivity contribution in [2.24, 2.45) is 0 Å². The first-order chi connectivity index (χ1) is 8.80. The van der Waals surface area contributed by atoms with Crippen LogP contribution in [0.5, 0.6) is 0 Å². The summed E-state index contributed by atoms with van der Waals surface area (Å²) in [7, 11) is -3.20. The van der Waals surface area contributed by atoms with Gasteiger partial charge in [-0.05, 0) is 52.8 Å². The van der Waals surface area contributed by atoms with Gasteiger partial charge in [0.15, 0.2) is 0 Å². The summed E-state index contributed by atoms with van der Waals surface area (Å²) in [4.78, 5) is 0. The minimum atomic E-state index is -3.20. The van der Waals surface area contributed by atoms with E-state index in [4.69, 9.17) is 9.05 Å². The normalized spacial score (nSPS) is 12.5. The van der Waals surface area contributed by atoms with Crippen molar-refractivity contribution in [1.82, 2.24) is 0 Å². The monoisotopic (exact) mass is 285 g/mol. The Morgan fingerprint density at radius 2 is 1.74 bits per heavy atom. The Kier molecular flexibility index (Phi) is 5.60. The molecule has 0 bridgehead atoms. The van der Waals surface area contributed by atoms with E-state index in [1.165, 1.54) is 0 Å². The molecule has 1 aromatic carbocycles. The van der Waals surface area contributed by atoms with Gasteiger partial charge in [0, 0.05) is 11.2 Å². The van der Waals surface area contributed by atoms with E-state index in [1.807, 2.05) is 32.0 Å². The maximum atomic E-state index is 12.7. The lowest BCUT2D eigenvalue weighted by Gasteiger charge is -2.23. The van der Waals surface area contributed by atoms with E-state index in [0.717, 1.165) is 5.69 Å². The minimum absolute atomic E-state index is 0.0557. The quantitative estimate of drug-likeness (QED) is 0.808. The van der Waals surface area contributed by atoms with Gasteiger partial charge in [-0.15, -0.1) is 0 Å². The van der Waals surface area contributed by atoms with Crippen LogP contribution in [0.3, 0.4) is 0 Å². The highest BCUT2D eigenvalue weighted by molar-refractivity contribution is 7.62. The summed E-state index contributed by atoms with van der Waals surface area (Å²) >= 11 is 0. The molecular formula is C14H24NO3P. The number of hydrogen-bond donors (Lipinski definition) is 1. The minimum Gasteiger partial charge on any atom is -0.380 e. The Balaban J connectivity index is 3.05. The maximum Gasteiger partial charge on any atom is 0.361 e. The average molecular weight is 285 g/mol. The van der Waals surface area contributed by atoms with E-state index in [0.29, 0.717) is 18.5 Å². The summed E-state index contributed by atoms with van der Waals surface area (Å²) in [6, 6.07) is 7.41. The van der Waals surface area contributed by atoms with Crippen LogP contribution in [0, 0.1) is 0 Å². The van der Waals surface area contributed by atoms with Gasteiger partial charge in [0.05, 0.1) is 18.5 Å². The molecular weight excluding hydrogens is 261 g/mol. The molecule has 0 saturated heterocycles. The zero-order chi connectivity index (χ0) is 14.5. The fraction of sp³-hybridized carbons (Fsp3) is 0.571. The molecule has 1 N–H and O–H groups in total. The molecule has 108 valence electrons. The van der Waals surface area contributed by atoms with Gasteiger partial charge in [-0.2, -0.15) is 0 Å². The first kappa shape index (κ1) is 16.2. The number of nitrogens with one attached hydrogen (secondary N) is 1. The SMILES string of the molecule is CCOP(=O)(OCC)c1cccc(NC(C)(C)C)c1. The highest BCUT2D eigenvalue weighted by Crippen LogP contribution is 2.47. The summed E-state index contributed by atoms with van der Waals surface area (Å²) in [5.74, 6) is 0. The molecule has 0 fully saturated rings. The molecule has 0 radical (unpaired) electrons. The van der Waals surface area contributed by atoms with Gasteiger partial charge in [-0.25, -0.2) is 0 Å². The summed E-state index contributed by atoms with van der Waals surface area (Å²) in [5.41, 5.74) is 0.851. The van der Waals surface area contributed by atoms with Crippen molar-refractivity contribution in [1.29, 1.82) is 0 Å². The Labute approximate surface area is 116 Å². The van der Waals surface area contributed by atoms with Crippen molar-refractivity contribution in [3.05, 3.63) is 24.3 Å². The summed E-state index contributed by atoms with van der Waals surface area (Å²) < 4.78 is 23.4. The fourth-order valence-corrected chi connectivity index (χ4v) is 3.33. The fourth-order valence-electron chi connectivity index (χ4n) is 1.71. The second kappa shape index (κ2) is 6.56. The van der Waals surface area contributed by atoms with Gasteiger partial charge in [0.25, 0.3) is 0 Å². The Bertz CT molecular complexity index is 444. The first-order valence-electron chi connectivity index (χ1n) is 6.58. The third-order valence-corrected chi connectivity index (χ3v) is 4.39. The topological polar surface area (TPSA) is 47.6 Å². The predicted molar refractivity (Wildman–Crippen MR) is 80.3 cm³/mol. The maximum absolute atomic E-state index is 12.7. The zero-order valence-electron chi connectivity index (χ0n) is 12.4. The van der Waals surface area contributed by atoms with Gasteiger partial charge in [-0.3, -0.25) is 4.57 Å². The van der Waals surface area contributed by atoms with Crippen molar-refractivity contribution in [3.8, 4) is 0 Å². The largest absolute Gasteiger partial charge is 0.380 e. The summed E-state index contributed by atoms with van der Waals surface area (Å²) in [6.45, 7) is 10.5. The van der Waals surface area contributed by atoms with Crippen LogP contribution in [0.15, 0.2) is 24.3 Å². The van der Waals surface area contributed by atoms with Crippen molar-refractivity contribution < 1.29 is 13.6 Å². The molecule has 0 amide bonds. The van der Waals surface area contributed by atoms with Gasteiger partial charge < -0.3 is 14.4 Å². The van der Waals surface area contributed by atoms with Crippen molar-refractivity contribution in [3.63, 3.8) is 0 Å². The van der Waals surface area contributed by atoms with E-state index >= 15 is 0 Å². The number of hydrogen-bond acceptors (Lipinski definition) is 4. The van der Waals surface area contributed by atoms with E-state index in [1.54, 1.807) is 6.07 Å². The van der Waals surface area contributed by atoms with Crippen LogP contribution in [0.4, 0.5) is 5.69 Å². The molecule has 1 rings (SSSR count). The summed E-state index contributed by atoms with van der Waals surface area (Å²) in [5, 5.41) is 3.93. The molecule has 19 heavy (non-hydrogen) atoms. The van der Waals surface area contributed by atoms with E-state index < -0.39 is 7.60 Å². The molecule has 0 spiro atoms. The second-order valence-electron chi connectivity index (χ2n) is 5.26. The lowest BCUT2D eigenvalue weighted by molar-refractivity contribution is 0.230. The van der Waals surface area contributed by atoms with Crippen LogP contribution in [0.25, 0.3) is 0 Å². The van der Waals surface area contributed by atoms with Gasteiger partial charge in [-0.1, -0.05) is 6.07 Å². The smallest absolute Gasteiger partial charge is 0.361 e. The molecule has 5 heteroatoms. The van der Waals surface area contributed by atoms with Crippen LogP contribution in [-0.2, 0) is 13.6 Å². The lowest BCUT2D eigenvalue weighted by atomic mass is 10.1.